The number of hydrogen-bond acceptors (Lipinski definition) is 1. The quantitative estimate of drug-likeness (QED) is 0.278. The maximum Gasteiger partial charge on any atom is 1.00 e. The number of phosphoric acid groups is 1. The van der Waals surface area contributed by atoms with Crippen LogP contribution in [0.2, 0.25) is 0 Å². The van der Waals surface area contributed by atoms with E-state index < -0.39 is 14.5 Å². The van der Waals surface area contributed by atoms with Gasteiger partial charge in [-0.2, -0.15) is 13.2 Å². The smallest absolute Gasteiger partial charge is 1.00 e. The van der Waals surface area contributed by atoms with Crippen LogP contribution in [0.4, 0.5) is 13.2 Å². The third-order valence-corrected chi connectivity index (χ3v) is 0. The maximum absolute atomic E-state index is 9.67. The molecule has 4 nitrogen and oxygen atoms in total. The number of halogens is 3. The first kappa shape index (κ1) is 16.8. The van der Waals surface area contributed by atoms with Gasteiger partial charge in [-0.15, -0.1) is 0 Å². The second-order valence-corrected chi connectivity index (χ2v) is 1.79. The van der Waals surface area contributed by atoms with E-state index in [4.69, 9.17) is 19.2 Å². The monoisotopic (exact) mass is 176 g/mol. The van der Waals surface area contributed by atoms with Crippen LogP contribution < -0.4 is 18.9 Å². The Hall–Kier alpha value is 0.497. The predicted octanol–water partition coefficient (Wildman–Crippen LogP) is -2.63. The fourth-order valence-corrected chi connectivity index (χ4v) is 0. The predicted molar refractivity (Wildman–Crippen MR) is 22.5 cm³/mol. The molecule has 0 fully saturated rings. The van der Waals surface area contributed by atoms with Crippen molar-refractivity contribution in [1.82, 2.24) is 0 Å². The minimum Gasteiger partial charge on any atom is -1.00 e. The van der Waals surface area contributed by atoms with Crippen LogP contribution in [0.3, 0.4) is 0 Å². The summed E-state index contributed by atoms with van der Waals surface area (Å²) < 4.78 is 37.9. The van der Waals surface area contributed by atoms with Crippen LogP contribution in [0.5, 0.6) is 0 Å². The summed E-state index contributed by atoms with van der Waals surface area (Å²) in [5.41, 5.74) is 0. The molecule has 0 spiro atoms. The molecule has 9 heteroatoms. The Balaban J connectivity index is -0.0000000383. The van der Waals surface area contributed by atoms with Crippen molar-refractivity contribution in [3.05, 3.63) is 0 Å². The van der Waals surface area contributed by atoms with Crippen LogP contribution in [0.25, 0.3) is 0 Å². The molecule has 0 bridgehead atoms. The summed E-state index contributed by atoms with van der Waals surface area (Å²) in [5, 5.41) is 0. The first-order chi connectivity index (χ1) is 3.73. The molecule has 0 aromatic heterocycles. The molecule has 3 N–H and O–H groups in total. The minimum absolute atomic E-state index is 0. The van der Waals surface area contributed by atoms with Crippen molar-refractivity contribution in [2.24, 2.45) is 0 Å². The number of rotatable bonds is 0. The van der Waals surface area contributed by atoms with Crippen molar-refractivity contribution in [2.45, 2.75) is 6.68 Å². The Morgan fingerprint density at radius 1 is 1.20 bits per heavy atom. The summed E-state index contributed by atoms with van der Waals surface area (Å²) in [7, 11) is -4.64. The van der Waals surface area contributed by atoms with Crippen molar-refractivity contribution >= 4 is 7.82 Å². The van der Waals surface area contributed by atoms with E-state index in [-0.39, 0.29) is 20.3 Å². The van der Waals surface area contributed by atoms with Gasteiger partial charge in [0.1, 0.15) is 0 Å². The van der Waals surface area contributed by atoms with Crippen LogP contribution in [-0.4, -0.2) is 21.4 Å². The first-order valence-corrected chi connectivity index (χ1v) is 3.00. The molecule has 0 heterocycles. The Labute approximate surface area is 68.0 Å². The molecule has 0 amide bonds. The summed E-state index contributed by atoms with van der Waals surface area (Å²) in [6.45, 7) is -3.67. The van der Waals surface area contributed by atoms with Gasteiger partial charge in [-0.1, -0.05) is 0 Å². The van der Waals surface area contributed by atoms with E-state index >= 15 is 0 Å². The molecular formula is CH5F3LiO4P. The van der Waals surface area contributed by atoms with E-state index in [1.165, 1.54) is 0 Å². The molecule has 10 heavy (non-hydrogen) atoms. The largest absolute Gasteiger partial charge is 1.00 e. The van der Waals surface area contributed by atoms with E-state index in [1.807, 2.05) is 0 Å². The number of hydrogen-bond donors (Lipinski definition) is 3. The summed E-state index contributed by atoms with van der Waals surface area (Å²) >= 11 is 0. The van der Waals surface area contributed by atoms with Crippen LogP contribution in [0.15, 0.2) is 0 Å². The van der Waals surface area contributed by atoms with Gasteiger partial charge in [0.25, 0.3) is 0 Å². The third-order valence-electron chi connectivity index (χ3n) is 0. The topological polar surface area (TPSA) is 77.8 Å². The van der Waals surface area contributed by atoms with Gasteiger partial charge in [0.15, 0.2) is 0 Å². The van der Waals surface area contributed by atoms with Gasteiger partial charge in [-0.05, 0) is 0 Å². The average Bonchev–Trinajstić information content (AvgIpc) is 1.19. The second kappa shape index (κ2) is 7.60. The molecule has 0 aromatic rings. The molecular weight excluding hydrogens is 171 g/mol. The number of alkyl halides is 3. The van der Waals surface area contributed by atoms with Crippen LogP contribution in [0, 0.1) is 0 Å². The van der Waals surface area contributed by atoms with Gasteiger partial charge in [0, 0.05) is 0 Å². The molecule has 0 saturated heterocycles. The Bertz CT molecular complexity index is 96.5. The normalized spacial score (nSPS) is 9.50. The van der Waals surface area contributed by atoms with Crippen LogP contribution >= 0.6 is 7.82 Å². The van der Waals surface area contributed by atoms with E-state index in [9.17, 15) is 13.2 Å². The second-order valence-electron chi connectivity index (χ2n) is 0.761. The van der Waals surface area contributed by atoms with Gasteiger partial charge in [0.2, 0.25) is 0 Å². The standard InChI is InChI=1S/CHF3.Li.H3O4P.H/c2-1(3)4;;1-5(2,3)4;/h1H;;(H3,1,2,3,4);/q;+1;;-1. The molecule has 0 unspecified atom stereocenters. The van der Waals surface area contributed by atoms with Gasteiger partial charge in [0.05, 0.1) is 0 Å². The van der Waals surface area contributed by atoms with Gasteiger partial charge >= 0.3 is 33.4 Å². The summed E-state index contributed by atoms with van der Waals surface area (Å²) in [6.07, 6.45) is 0. The molecule has 0 radical (unpaired) electrons. The van der Waals surface area contributed by atoms with Crippen molar-refractivity contribution in [3.63, 3.8) is 0 Å². The van der Waals surface area contributed by atoms with Crippen LogP contribution in [-0.2, 0) is 4.57 Å². The zero-order valence-corrected chi connectivity index (χ0v) is 5.80. The van der Waals surface area contributed by atoms with Gasteiger partial charge < -0.3 is 16.1 Å². The van der Waals surface area contributed by atoms with E-state index in [2.05, 4.69) is 0 Å². The Morgan fingerprint density at radius 3 is 1.20 bits per heavy atom. The summed E-state index contributed by atoms with van der Waals surface area (Å²) in [5.74, 6) is 0. The Morgan fingerprint density at radius 2 is 1.20 bits per heavy atom. The third kappa shape index (κ3) is 1930. The fraction of sp³-hybridized carbons (Fsp3) is 1.00. The van der Waals surface area contributed by atoms with Crippen molar-refractivity contribution in [1.29, 1.82) is 0 Å². The zero-order chi connectivity index (χ0) is 8.08. The van der Waals surface area contributed by atoms with E-state index in [1.54, 1.807) is 0 Å². The van der Waals surface area contributed by atoms with Gasteiger partial charge in [-0.3, -0.25) is 0 Å². The van der Waals surface area contributed by atoms with Crippen molar-refractivity contribution in [2.75, 3.05) is 0 Å². The van der Waals surface area contributed by atoms with Crippen LogP contribution in [0.1, 0.15) is 1.43 Å². The molecule has 0 aliphatic rings. The maximum atomic E-state index is 9.67. The Kier molecular flexibility index (Phi) is 12.8. The van der Waals surface area contributed by atoms with E-state index in [0.717, 1.165) is 0 Å². The average molecular weight is 176 g/mol. The fourth-order valence-electron chi connectivity index (χ4n) is 0. The molecule has 0 rings (SSSR count). The molecule has 0 aliphatic carbocycles. The molecule has 0 atom stereocenters. The SMILES string of the molecule is FC(F)F.O=P(O)(O)O.[H-].[Li+]. The van der Waals surface area contributed by atoms with E-state index in [0.29, 0.717) is 0 Å². The first-order valence-electron chi connectivity index (χ1n) is 1.44. The van der Waals surface area contributed by atoms with Gasteiger partial charge in [-0.25, -0.2) is 4.57 Å². The van der Waals surface area contributed by atoms with Crippen molar-refractivity contribution < 1.29 is 52.7 Å². The minimum atomic E-state index is -4.64. The molecule has 0 aromatic carbocycles. The summed E-state index contributed by atoms with van der Waals surface area (Å²) in [4.78, 5) is 21.6. The molecule has 0 saturated carbocycles. The molecule has 0 aliphatic heterocycles. The van der Waals surface area contributed by atoms with Crippen molar-refractivity contribution in [3.8, 4) is 0 Å². The summed E-state index contributed by atoms with van der Waals surface area (Å²) in [6, 6.07) is 0. The molecule has 60 valence electrons. The zero-order valence-electron chi connectivity index (χ0n) is 5.91.